The average molecular weight is 349 g/mol. The number of fused-ring (bicyclic) bond motifs is 1. The second-order valence-electron chi connectivity index (χ2n) is 6.24. The molecule has 0 aromatic carbocycles. The smallest absolute Gasteiger partial charge is 0.348 e. The van der Waals surface area contributed by atoms with Crippen molar-refractivity contribution in [1.82, 2.24) is 9.97 Å². The zero-order valence-corrected chi connectivity index (χ0v) is 14.9. The Labute approximate surface area is 145 Å². The maximum atomic E-state index is 12.6. The molecule has 2 aromatic rings. The van der Waals surface area contributed by atoms with Crippen molar-refractivity contribution in [3.63, 3.8) is 0 Å². The number of esters is 1. The van der Waals surface area contributed by atoms with E-state index in [9.17, 15) is 4.79 Å². The number of thiophene rings is 1. The zero-order valence-electron chi connectivity index (χ0n) is 14.1. The normalized spacial score (nSPS) is 15.6. The minimum absolute atomic E-state index is 0.0403. The van der Waals surface area contributed by atoms with Crippen LogP contribution < -0.4 is 4.90 Å². The maximum Gasteiger partial charge on any atom is 0.348 e. The van der Waals surface area contributed by atoms with Gasteiger partial charge in [-0.1, -0.05) is 6.42 Å². The highest BCUT2D eigenvalue weighted by atomic mass is 32.1. The maximum absolute atomic E-state index is 12.6. The van der Waals surface area contributed by atoms with Crippen LogP contribution >= 0.6 is 11.3 Å². The van der Waals surface area contributed by atoms with E-state index in [0.29, 0.717) is 11.4 Å². The topological polar surface area (TPSA) is 75.5 Å². The second kappa shape index (κ2) is 7.44. The third-order valence-corrected chi connectivity index (χ3v) is 5.69. The molecule has 2 heterocycles. The van der Waals surface area contributed by atoms with Crippen LogP contribution in [0, 0.1) is 6.92 Å². The Morgan fingerprint density at radius 2 is 2.12 bits per heavy atom. The number of aryl methyl sites for hydroxylation is 1. The largest absolute Gasteiger partial charge is 0.458 e. The minimum atomic E-state index is -0.252. The third-order valence-electron chi connectivity index (χ3n) is 4.52. The highest BCUT2D eigenvalue weighted by molar-refractivity contribution is 7.20. The van der Waals surface area contributed by atoms with E-state index in [0.717, 1.165) is 47.3 Å². The zero-order chi connectivity index (χ0) is 17.1. The van der Waals surface area contributed by atoms with Crippen molar-refractivity contribution < 1.29 is 14.6 Å². The number of hydrogen-bond acceptors (Lipinski definition) is 7. The van der Waals surface area contributed by atoms with Gasteiger partial charge in [0.2, 0.25) is 0 Å². The monoisotopic (exact) mass is 349 g/mol. The first kappa shape index (κ1) is 17.1. The Morgan fingerprint density at radius 1 is 1.38 bits per heavy atom. The molecule has 0 atom stereocenters. The number of rotatable bonds is 5. The van der Waals surface area contributed by atoms with Crippen LogP contribution in [0.3, 0.4) is 0 Å². The summed E-state index contributed by atoms with van der Waals surface area (Å²) in [5, 5.41) is 10.0. The molecule has 0 unspecified atom stereocenters. The summed E-state index contributed by atoms with van der Waals surface area (Å²) in [5.41, 5.74) is 0.858. The molecule has 1 N–H and O–H groups in total. The molecule has 3 rings (SSSR count). The molecule has 24 heavy (non-hydrogen) atoms. The summed E-state index contributed by atoms with van der Waals surface area (Å²) in [4.78, 5) is 24.5. The molecule has 130 valence electrons. The van der Waals surface area contributed by atoms with Gasteiger partial charge in [0, 0.05) is 13.6 Å². The lowest BCUT2D eigenvalue weighted by Gasteiger charge is -2.21. The average Bonchev–Trinajstić information content (AvgIpc) is 2.93. The van der Waals surface area contributed by atoms with Crippen molar-refractivity contribution in [2.45, 2.75) is 45.1 Å². The predicted octanol–water partition coefficient (Wildman–Crippen LogP) is 2.92. The minimum Gasteiger partial charge on any atom is -0.458 e. The summed E-state index contributed by atoms with van der Waals surface area (Å²) in [5.74, 6) is 0.484. The number of aliphatic hydroxyl groups is 1. The van der Waals surface area contributed by atoms with Gasteiger partial charge in [0.05, 0.1) is 12.0 Å². The van der Waals surface area contributed by atoms with Crippen LogP contribution in [-0.2, 0) is 4.74 Å². The van der Waals surface area contributed by atoms with Gasteiger partial charge in [0.1, 0.15) is 28.0 Å². The first-order chi connectivity index (χ1) is 11.6. The lowest BCUT2D eigenvalue weighted by Crippen LogP contribution is -2.22. The van der Waals surface area contributed by atoms with Crippen molar-refractivity contribution in [2.24, 2.45) is 0 Å². The van der Waals surface area contributed by atoms with Crippen LogP contribution in [0.25, 0.3) is 10.2 Å². The van der Waals surface area contributed by atoms with Crippen LogP contribution in [0.15, 0.2) is 6.33 Å². The number of aromatic nitrogens is 2. The van der Waals surface area contributed by atoms with E-state index in [4.69, 9.17) is 9.84 Å². The van der Waals surface area contributed by atoms with Crippen LogP contribution in [0.4, 0.5) is 5.82 Å². The molecular weight excluding hydrogens is 326 g/mol. The Kier molecular flexibility index (Phi) is 5.30. The SMILES string of the molecule is Cc1c(C(=O)OC2CCCCC2)sc2ncnc(N(C)CCO)c12. The summed E-state index contributed by atoms with van der Waals surface area (Å²) < 4.78 is 5.71. The number of aliphatic hydroxyl groups excluding tert-OH is 1. The van der Waals surface area contributed by atoms with Crippen molar-refractivity contribution in [3.8, 4) is 0 Å². The molecule has 7 heteroatoms. The number of anilines is 1. The van der Waals surface area contributed by atoms with Gasteiger partial charge < -0.3 is 14.7 Å². The van der Waals surface area contributed by atoms with Crippen LogP contribution in [0.5, 0.6) is 0 Å². The molecular formula is C17H23N3O3S. The number of carbonyl (C=O) groups is 1. The fraction of sp³-hybridized carbons (Fsp3) is 0.588. The van der Waals surface area contributed by atoms with E-state index in [1.54, 1.807) is 0 Å². The number of hydrogen-bond donors (Lipinski definition) is 1. The van der Waals surface area contributed by atoms with Gasteiger partial charge in [-0.05, 0) is 38.2 Å². The molecule has 1 fully saturated rings. The van der Waals surface area contributed by atoms with Gasteiger partial charge in [-0.2, -0.15) is 0 Å². The molecule has 0 amide bonds. The summed E-state index contributed by atoms with van der Waals surface area (Å²) >= 11 is 1.36. The van der Waals surface area contributed by atoms with Gasteiger partial charge in [-0.25, -0.2) is 14.8 Å². The number of ether oxygens (including phenoxy) is 1. The fourth-order valence-electron chi connectivity index (χ4n) is 3.18. The van der Waals surface area contributed by atoms with Gasteiger partial charge in [-0.3, -0.25) is 0 Å². The molecule has 0 bridgehead atoms. The molecule has 6 nitrogen and oxygen atoms in total. The van der Waals surface area contributed by atoms with Crippen LogP contribution in [0.2, 0.25) is 0 Å². The lowest BCUT2D eigenvalue weighted by molar-refractivity contribution is 0.0216. The van der Waals surface area contributed by atoms with E-state index in [1.165, 1.54) is 24.1 Å². The first-order valence-corrected chi connectivity index (χ1v) is 9.20. The van der Waals surface area contributed by atoms with Gasteiger partial charge in [-0.15, -0.1) is 11.3 Å². The van der Waals surface area contributed by atoms with Gasteiger partial charge in [0.15, 0.2) is 0 Å². The van der Waals surface area contributed by atoms with E-state index in [2.05, 4.69) is 9.97 Å². The number of likely N-dealkylation sites (N-methyl/N-ethyl adjacent to an activating group) is 1. The second-order valence-corrected chi connectivity index (χ2v) is 7.24. The van der Waals surface area contributed by atoms with Crippen molar-refractivity contribution >= 4 is 33.3 Å². The molecule has 1 aliphatic carbocycles. The number of carbonyl (C=O) groups excluding carboxylic acids is 1. The lowest BCUT2D eigenvalue weighted by atomic mass is 9.98. The summed E-state index contributed by atoms with van der Waals surface area (Å²) in [6.07, 6.45) is 6.94. The third kappa shape index (κ3) is 3.37. The Morgan fingerprint density at radius 3 is 2.83 bits per heavy atom. The van der Waals surface area contributed by atoms with Crippen LogP contribution in [0.1, 0.15) is 47.3 Å². The summed E-state index contributed by atoms with van der Waals surface area (Å²) in [6.45, 7) is 2.43. The van der Waals surface area contributed by atoms with E-state index in [1.807, 2.05) is 18.9 Å². The Hall–Kier alpha value is -1.73. The van der Waals surface area contributed by atoms with Crippen LogP contribution in [-0.4, -0.2) is 47.3 Å². The Balaban J connectivity index is 1.90. The molecule has 0 spiro atoms. The molecule has 1 saturated carbocycles. The van der Waals surface area contributed by atoms with Gasteiger partial charge >= 0.3 is 5.97 Å². The van der Waals surface area contributed by atoms with E-state index < -0.39 is 0 Å². The summed E-state index contributed by atoms with van der Waals surface area (Å²) in [6, 6.07) is 0. The number of nitrogens with zero attached hydrogens (tertiary/aromatic N) is 3. The fourth-order valence-corrected chi connectivity index (χ4v) is 4.21. The highest BCUT2D eigenvalue weighted by Crippen LogP contribution is 2.35. The first-order valence-electron chi connectivity index (χ1n) is 8.39. The Bertz CT molecular complexity index is 725. The van der Waals surface area contributed by atoms with E-state index in [-0.39, 0.29) is 18.7 Å². The molecule has 0 aliphatic heterocycles. The van der Waals surface area contributed by atoms with Crippen molar-refractivity contribution in [1.29, 1.82) is 0 Å². The van der Waals surface area contributed by atoms with Crippen molar-refractivity contribution in [3.05, 3.63) is 16.8 Å². The standard InChI is InChI=1S/C17H23N3O3S/c1-11-13-15(20(2)8-9-21)18-10-19-16(13)24-14(11)17(22)23-12-6-4-3-5-7-12/h10,12,21H,3-9H2,1-2H3. The molecule has 0 saturated heterocycles. The summed E-state index contributed by atoms with van der Waals surface area (Å²) in [7, 11) is 1.87. The van der Waals surface area contributed by atoms with E-state index >= 15 is 0 Å². The molecule has 0 radical (unpaired) electrons. The molecule has 1 aliphatic rings. The quantitative estimate of drug-likeness (QED) is 0.837. The van der Waals surface area contributed by atoms with Crippen molar-refractivity contribution in [2.75, 3.05) is 25.1 Å². The predicted molar refractivity (Wildman–Crippen MR) is 94.8 cm³/mol. The van der Waals surface area contributed by atoms with Gasteiger partial charge in [0.25, 0.3) is 0 Å². The highest BCUT2D eigenvalue weighted by Gasteiger charge is 2.24. The molecule has 2 aromatic heterocycles.